The first-order valence-corrected chi connectivity index (χ1v) is 9.31. The fourth-order valence-corrected chi connectivity index (χ4v) is 2.95. The molecule has 2 aromatic rings. The van der Waals surface area contributed by atoms with Gasteiger partial charge in [0.15, 0.2) is 0 Å². The van der Waals surface area contributed by atoms with Gasteiger partial charge in [0, 0.05) is 24.2 Å². The van der Waals surface area contributed by atoms with Crippen molar-refractivity contribution in [2.45, 2.75) is 19.6 Å². The summed E-state index contributed by atoms with van der Waals surface area (Å²) in [7, 11) is 0. The van der Waals surface area contributed by atoms with E-state index >= 15 is 0 Å². The highest BCUT2D eigenvalue weighted by molar-refractivity contribution is 5.90. The van der Waals surface area contributed by atoms with Crippen molar-refractivity contribution >= 4 is 23.6 Å². The summed E-state index contributed by atoms with van der Waals surface area (Å²) in [6.45, 7) is 1.91. The Bertz CT molecular complexity index is 951. The standard InChI is InChI=1S/C20H22FN5O4/c1-12(27)23-10-16-11-26(20(29)30-16)15-4-5-17(18(21)6-15)13-2-3-14(24-8-13)9-25-19(28)7-22/h2-6,8,16H,7,9-11,22H2,1H3,(H,23,27)(H,25,28)/t16-/m0/s1. The maximum Gasteiger partial charge on any atom is 0.414 e. The molecule has 4 N–H and O–H groups in total. The molecule has 0 radical (unpaired) electrons. The normalized spacial score (nSPS) is 15.6. The number of anilines is 1. The number of aromatic nitrogens is 1. The van der Waals surface area contributed by atoms with E-state index in [9.17, 15) is 18.8 Å². The maximum absolute atomic E-state index is 14.7. The first kappa shape index (κ1) is 21.2. The van der Waals surface area contributed by atoms with E-state index in [2.05, 4.69) is 15.6 Å². The lowest BCUT2D eigenvalue weighted by Crippen LogP contribution is -2.33. The first-order chi connectivity index (χ1) is 14.4. The van der Waals surface area contributed by atoms with Gasteiger partial charge in [-0.2, -0.15) is 0 Å². The van der Waals surface area contributed by atoms with Crippen molar-refractivity contribution in [3.05, 3.63) is 48.0 Å². The zero-order valence-electron chi connectivity index (χ0n) is 16.4. The minimum absolute atomic E-state index is 0.103. The number of ether oxygens (including phenoxy) is 1. The molecule has 0 saturated carbocycles. The Morgan fingerprint density at radius 1 is 1.30 bits per heavy atom. The van der Waals surface area contributed by atoms with Crippen molar-refractivity contribution in [3.8, 4) is 11.1 Å². The number of nitrogens with two attached hydrogens (primary N) is 1. The monoisotopic (exact) mass is 415 g/mol. The number of benzene rings is 1. The van der Waals surface area contributed by atoms with Crippen LogP contribution in [0.25, 0.3) is 11.1 Å². The number of nitrogens with zero attached hydrogens (tertiary/aromatic N) is 2. The maximum atomic E-state index is 14.7. The van der Waals surface area contributed by atoms with E-state index in [1.165, 1.54) is 24.1 Å². The van der Waals surface area contributed by atoms with E-state index < -0.39 is 18.0 Å². The van der Waals surface area contributed by atoms with Crippen molar-refractivity contribution in [1.29, 1.82) is 0 Å². The SMILES string of the molecule is CC(=O)NC[C@H]1CN(c2ccc(-c3ccc(CNC(=O)CN)nc3)c(F)c2)C(=O)O1. The quantitative estimate of drug-likeness (QED) is 0.617. The number of hydrogen-bond donors (Lipinski definition) is 3. The van der Waals surface area contributed by atoms with Crippen LogP contribution in [-0.2, 0) is 20.9 Å². The molecule has 158 valence electrons. The van der Waals surface area contributed by atoms with Gasteiger partial charge in [-0.25, -0.2) is 9.18 Å². The van der Waals surface area contributed by atoms with E-state index in [1.54, 1.807) is 24.3 Å². The van der Waals surface area contributed by atoms with Gasteiger partial charge in [0.05, 0.1) is 37.6 Å². The fraction of sp³-hybridized carbons (Fsp3) is 0.300. The predicted molar refractivity (Wildman–Crippen MR) is 107 cm³/mol. The molecule has 1 aliphatic heterocycles. The number of nitrogens with one attached hydrogen (secondary N) is 2. The predicted octanol–water partition coefficient (Wildman–Crippen LogP) is 0.924. The zero-order valence-corrected chi connectivity index (χ0v) is 16.4. The Kier molecular flexibility index (Phi) is 6.58. The van der Waals surface area contributed by atoms with Crippen LogP contribution < -0.4 is 21.3 Å². The lowest BCUT2D eigenvalue weighted by atomic mass is 10.1. The Labute approximate surface area is 172 Å². The number of pyridine rings is 1. The summed E-state index contributed by atoms with van der Waals surface area (Å²) >= 11 is 0. The molecule has 30 heavy (non-hydrogen) atoms. The second-order valence-electron chi connectivity index (χ2n) is 6.74. The molecule has 1 atom stereocenters. The molecule has 2 heterocycles. The van der Waals surface area contributed by atoms with Gasteiger partial charge in [-0.15, -0.1) is 0 Å². The van der Waals surface area contributed by atoms with Crippen LogP contribution in [0, 0.1) is 5.82 Å². The molecule has 0 unspecified atom stereocenters. The minimum atomic E-state index is -0.594. The van der Waals surface area contributed by atoms with Crippen LogP contribution in [-0.4, -0.2) is 48.6 Å². The van der Waals surface area contributed by atoms with E-state index in [-0.39, 0.29) is 38.0 Å². The number of amides is 3. The highest BCUT2D eigenvalue weighted by atomic mass is 19.1. The van der Waals surface area contributed by atoms with Crippen LogP contribution >= 0.6 is 0 Å². The summed E-state index contributed by atoms with van der Waals surface area (Å²) in [6, 6.07) is 7.82. The first-order valence-electron chi connectivity index (χ1n) is 9.31. The summed E-state index contributed by atoms with van der Waals surface area (Å²) < 4.78 is 19.9. The van der Waals surface area contributed by atoms with Crippen LogP contribution in [0.5, 0.6) is 0 Å². The molecular weight excluding hydrogens is 393 g/mol. The van der Waals surface area contributed by atoms with Gasteiger partial charge in [0.25, 0.3) is 0 Å². The van der Waals surface area contributed by atoms with Gasteiger partial charge in [-0.05, 0) is 24.3 Å². The average Bonchev–Trinajstić information content (AvgIpc) is 3.11. The fourth-order valence-electron chi connectivity index (χ4n) is 2.95. The Morgan fingerprint density at radius 2 is 2.10 bits per heavy atom. The van der Waals surface area contributed by atoms with Crippen molar-refractivity contribution in [1.82, 2.24) is 15.6 Å². The van der Waals surface area contributed by atoms with Crippen LogP contribution in [0.4, 0.5) is 14.9 Å². The van der Waals surface area contributed by atoms with Crippen LogP contribution in [0.2, 0.25) is 0 Å². The van der Waals surface area contributed by atoms with Gasteiger partial charge in [-0.3, -0.25) is 19.5 Å². The van der Waals surface area contributed by atoms with Gasteiger partial charge in [0.2, 0.25) is 11.8 Å². The number of carbonyl (C=O) groups is 3. The molecule has 0 bridgehead atoms. The molecule has 1 aromatic carbocycles. The Morgan fingerprint density at radius 3 is 2.73 bits per heavy atom. The number of cyclic esters (lactones) is 1. The second-order valence-corrected chi connectivity index (χ2v) is 6.74. The number of rotatable bonds is 7. The Balaban J connectivity index is 1.69. The van der Waals surface area contributed by atoms with Gasteiger partial charge < -0.3 is 21.1 Å². The number of halogens is 1. The average molecular weight is 415 g/mol. The minimum Gasteiger partial charge on any atom is -0.442 e. The largest absolute Gasteiger partial charge is 0.442 e. The molecule has 3 rings (SSSR count). The summed E-state index contributed by atoms with van der Waals surface area (Å²) in [4.78, 5) is 39.8. The summed E-state index contributed by atoms with van der Waals surface area (Å²) in [5.41, 5.74) is 7.09. The molecule has 3 amide bonds. The van der Waals surface area contributed by atoms with E-state index in [0.29, 0.717) is 22.5 Å². The molecule has 10 heteroatoms. The summed E-state index contributed by atoms with van der Waals surface area (Å²) in [5.74, 6) is -1.03. The van der Waals surface area contributed by atoms with Crippen molar-refractivity contribution < 1.29 is 23.5 Å². The Hall–Kier alpha value is -3.53. The molecule has 1 aromatic heterocycles. The van der Waals surface area contributed by atoms with E-state index in [1.807, 2.05) is 0 Å². The number of hydrogen-bond acceptors (Lipinski definition) is 6. The zero-order chi connectivity index (χ0) is 21.7. The third-order valence-corrected chi connectivity index (χ3v) is 4.50. The van der Waals surface area contributed by atoms with Crippen molar-refractivity contribution in [2.75, 3.05) is 24.5 Å². The second kappa shape index (κ2) is 9.31. The molecule has 1 fully saturated rings. The third kappa shape index (κ3) is 5.09. The third-order valence-electron chi connectivity index (χ3n) is 4.50. The molecular formula is C20H22FN5O4. The molecule has 1 saturated heterocycles. The van der Waals surface area contributed by atoms with Crippen LogP contribution in [0.1, 0.15) is 12.6 Å². The van der Waals surface area contributed by atoms with E-state index in [4.69, 9.17) is 10.5 Å². The van der Waals surface area contributed by atoms with Crippen LogP contribution in [0.3, 0.4) is 0 Å². The molecule has 0 spiro atoms. The number of carbonyl (C=O) groups excluding carboxylic acids is 3. The smallest absolute Gasteiger partial charge is 0.414 e. The highest BCUT2D eigenvalue weighted by Gasteiger charge is 2.32. The van der Waals surface area contributed by atoms with E-state index in [0.717, 1.165) is 0 Å². The molecule has 9 nitrogen and oxygen atoms in total. The lowest BCUT2D eigenvalue weighted by molar-refractivity contribution is -0.120. The van der Waals surface area contributed by atoms with Gasteiger partial charge in [-0.1, -0.05) is 6.07 Å². The molecule has 0 aliphatic carbocycles. The van der Waals surface area contributed by atoms with Gasteiger partial charge >= 0.3 is 6.09 Å². The lowest BCUT2D eigenvalue weighted by Gasteiger charge is -2.14. The van der Waals surface area contributed by atoms with Crippen molar-refractivity contribution in [2.24, 2.45) is 5.73 Å². The highest BCUT2D eigenvalue weighted by Crippen LogP contribution is 2.28. The van der Waals surface area contributed by atoms with Gasteiger partial charge in [0.1, 0.15) is 11.9 Å². The summed E-state index contributed by atoms with van der Waals surface area (Å²) in [6.07, 6.45) is 0.416. The van der Waals surface area contributed by atoms with Crippen LogP contribution in [0.15, 0.2) is 36.5 Å². The molecule has 1 aliphatic rings. The van der Waals surface area contributed by atoms with Crippen molar-refractivity contribution in [3.63, 3.8) is 0 Å². The topological polar surface area (TPSA) is 127 Å². The summed E-state index contributed by atoms with van der Waals surface area (Å²) in [5, 5.41) is 5.20.